The Morgan fingerprint density at radius 1 is 1.05 bits per heavy atom. The minimum atomic E-state index is -0.503. The van der Waals surface area contributed by atoms with E-state index in [2.05, 4.69) is 5.32 Å². The van der Waals surface area contributed by atoms with E-state index in [4.69, 9.17) is 4.74 Å². The van der Waals surface area contributed by atoms with E-state index in [1.54, 1.807) is 24.3 Å². The van der Waals surface area contributed by atoms with Gasteiger partial charge in [-0.05, 0) is 36.6 Å². The number of esters is 1. The first-order chi connectivity index (χ1) is 10.6. The number of aryl methyl sites for hydroxylation is 2. The average Bonchev–Trinajstić information content (AvgIpc) is 2.55. The third kappa shape index (κ3) is 3.95. The van der Waals surface area contributed by atoms with Crippen molar-refractivity contribution in [2.24, 2.45) is 0 Å². The van der Waals surface area contributed by atoms with Crippen LogP contribution < -0.4 is 5.32 Å². The Bertz CT molecular complexity index is 665. The van der Waals surface area contributed by atoms with Crippen LogP contribution in [0.2, 0.25) is 0 Å². The summed E-state index contributed by atoms with van der Waals surface area (Å²) in [5.74, 6) is -0.843. The summed E-state index contributed by atoms with van der Waals surface area (Å²) in [5.41, 5.74) is 3.27. The summed E-state index contributed by atoms with van der Waals surface area (Å²) in [4.78, 5) is 23.8. The van der Waals surface area contributed by atoms with Crippen LogP contribution in [0.25, 0.3) is 0 Å². The molecule has 1 N–H and O–H groups in total. The van der Waals surface area contributed by atoms with Crippen LogP contribution in [0.3, 0.4) is 0 Å². The third-order valence-electron chi connectivity index (χ3n) is 3.35. The molecular weight excluding hydrogens is 278 g/mol. The Labute approximate surface area is 130 Å². The summed E-state index contributed by atoms with van der Waals surface area (Å²) in [7, 11) is 0. The lowest BCUT2D eigenvalue weighted by atomic mass is 10.1. The van der Waals surface area contributed by atoms with Crippen LogP contribution >= 0.6 is 0 Å². The van der Waals surface area contributed by atoms with Crippen molar-refractivity contribution in [1.82, 2.24) is 0 Å². The molecule has 0 saturated carbocycles. The van der Waals surface area contributed by atoms with Crippen molar-refractivity contribution in [1.29, 1.82) is 0 Å². The summed E-state index contributed by atoms with van der Waals surface area (Å²) in [5, 5.41) is 2.82. The molecular formula is C18H19NO3. The van der Waals surface area contributed by atoms with Gasteiger partial charge in [0.1, 0.15) is 0 Å². The number of rotatable bonds is 5. The smallest absolute Gasteiger partial charge is 0.338 e. The largest absolute Gasteiger partial charge is 0.452 e. The number of nitrogens with one attached hydrogen (secondary N) is 1. The number of ether oxygens (including phenoxy) is 1. The van der Waals surface area contributed by atoms with Crippen molar-refractivity contribution in [2.75, 3.05) is 11.9 Å². The van der Waals surface area contributed by atoms with E-state index in [1.165, 1.54) is 0 Å². The number of hydrogen-bond acceptors (Lipinski definition) is 3. The summed E-state index contributed by atoms with van der Waals surface area (Å²) in [6.07, 6.45) is 0.821. The van der Waals surface area contributed by atoms with E-state index in [1.807, 2.05) is 38.1 Å². The van der Waals surface area contributed by atoms with Crippen LogP contribution in [0.15, 0.2) is 48.5 Å². The fraction of sp³-hybridized carbons (Fsp3) is 0.222. The van der Waals surface area contributed by atoms with E-state index in [0.29, 0.717) is 5.56 Å². The van der Waals surface area contributed by atoms with Gasteiger partial charge >= 0.3 is 5.97 Å². The first-order valence-corrected chi connectivity index (χ1v) is 7.22. The maximum atomic E-state index is 12.0. The second-order valence-corrected chi connectivity index (χ2v) is 4.95. The zero-order valence-corrected chi connectivity index (χ0v) is 12.8. The third-order valence-corrected chi connectivity index (χ3v) is 3.35. The molecule has 0 bridgehead atoms. The van der Waals surface area contributed by atoms with Crippen molar-refractivity contribution in [3.8, 4) is 0 Å². The number of anilines is 1. The van der Waals surface area contributed by atoms with Gasteiger partial charge in [-0.2, -0.15) is 0 Å². The van der Waals surface area contributed by atoms with Crippen LogP contribution in [0, 0.1) is 6.92 Å². The maximum Gasteiger partial charge on any atom is 0.338 e. The van der Waals surface area contributed by atoms with E-state index < -0.39 is 5.97 Å². The molecule has 4 heteroatoms. The van der Waals surface area contributed by atoms with Crippen LogP contribution in [-0.4, -0.2) is 18.5 Å². The molecule has 114 valence electrons. The maximum absolute atomic E-state index is 12.0. The van der Waals surface area contributed by atoms with Gasteiger partial charge in [0.25, 0.3) is 5.91 Å². The first-order valence-electron chi connectivity index (χ1n) is 7.22. The lowest BCUT2D eigenvalue weighted by Crippen LogP contribution is -2.22. The van der Waals surface area contributed by atoms with Gasteiger partial charge in [0.2, 0.25) is 0 Å². The molecule has 4 nitrogen and oxygen atoms in total. The summed E-state index contributed by atoms with van der Waals surface area (Å²) < 4.78 is 5.02. The molecule has 0 aliphatic heterocycles. The monoisotopic (exact) mass is 297 g/mol. The molecule has 2 rings (SSSR count). The molecule has 0 radical (unpaired) electrons. The highest BCUT2D eigenvalue weighted by molar-refractivity contribution is 5.96. The number of para-hydroxylation sites is 1. The number of carbonyl (C=O) groups excluding carboxylic acids is 2. The van der Waals surface area contributed by atoms with Crippen LogP contribution in [0.4, 0.5) is 5.69 Å². The van der Waals surface area contributed by atoms with Crippen LogP contribution in [0.1, 0.15) is 28.4 Å². The molecule has 0 heterocycles. The quantitative estimate of drug-likeness (QED) is 0.861. The van der Waals surface area contributed by atoms with E-state index >= 15 is 0 Å². The van der Waals surface area contributed by atoms with E-state index in [9.17, 15) is 9.59 Å². The predicted molar refractivity (Wildman–Crippen MR) is 85.9 cm³/mol. The SMILES string of the molecule is CCc1cccc(C)c1NC(=O)COC(=O)c1ccccc1. The van der Waals surface area contributed by atoms with E-state index in [0.717, 1.165) is 23.2 Å². The lowest BCUT2D eigenvalue weighted by molar-refractivity contribution is -0.119. The van der Waals surface area contributed by atoms with Crippen LogP contribution in [-0.2, 0) is 16.0 Å². The molecule has 0 unspecified atom stereocenters. The Morgan fingerprint density at radius 3 is 2.45 bits per heavy atom. The molecule has 0 aromatic heterocycles. The first kappa shape index (κ1) is 15.8. The molecule has 1 amide bonds. The molecule has 0 aliphatic carbocycles. The molecule has 0 atom stereocenters. The van der Waals surface area contributed by atoms with Gasteiger partial charge in [0.05, 0.1) is 5.56 Å². The zero-order valence-electron chi connectivity index (χ0n) is 12.8. The molecule has 2 aromatic rings. The van der Waals surface area contributed by atoms with Gasteiger partial charge in [0.15, 0.2) is 6.61 Å². The second kappa shape index (κ2) is 7.41. The van der Waals surface area contributed by atoms with Crippen LogP contribution in [0.5, 0.6) is 0 Å². The van der Waals surface area contributed by atoms with Crippen molar-refractivity contribution in [3.63, 3.8) is 0 Å². The predicted octanol–water partition coefficient (Wildman–Crippen LogP) is 3.35. The standard InChI is InChI=1S/C18H19NO3/c1-3-14-11-7-8-13(2)17(14)19-16(20)12-22-18(21)15-9-5-4-6-10-15/h4-11H,3,12H2,1-2H3,(H,19,20). The molecule has 0 saturated heterocycles. The highest BCUT2D eigenvalue weighted by Crippen LogP contribution is 2.20. The lowest BCUT2D eigenvalue weighted by Gasteiger charge is -2.13. The number of hydrogen-bond donors (Lipinski definition) is 1. The topological polar surface area (TPSA) is 55.4 Å². The fourth-order valence-electron chi connectivity index (χ4n) is 2.17. The second-order valence-electron chi connectivity index (χ2n) is 4.95. The summed E-state index contributed by atoms with van der Waals surface area (Å²) >= 11 is 0. The Balaban J connectivity index is 1.95. The zero-order chi connectivity index (χ0) is 15.9. The van der Waals surface area contributed by atoms with Gasteiger partial charge in [0, 0.05) is 5.69 Å². The number of carbonyl (C=O) groups is 2. The van der Waals surface area contributed by atoms with Gasteiger partial charge in [-0.1, -0.05) is 43.3 Å². The highest BCUT2D eigenvalue weighted by Gasteiger charge is 2.12. The van der Waals surface area contributed by atoms with Crippen molar-refractivity contribution >= 4 is 17.6 Å². The van der Waals surface area contributed by atoms with Gasteiger partial charge in [-0.15, -0.1) is 0 Å². The van der Waals surface area contributed by atoms with Crippen molar-refractivity contribution in [3.05, 3.63) is 65.2 Å². The summed E-state index contributed by atoms with van der Waals surface area (Å²) in [6, 6.07) is 14.5. The molecule has 0 spiro atoms. The van der Waals surface area contributed by atoms with Crippen molar-refractivity contribution in [2.45, 2.75) is 20.3 Å². The molecule has 0 aliphatic rings. The Kier molecular flexibility index (Phi) is 5.31. The fourth-order valence-corrected chi connectivity index (χ4v) is 2.17. The normalized spacial score (nSPS) is 10.1. The minimum Gasteiger partial charge on any atom is -0.452 e. The van der Waals surface area contributed by atoms with Crippen molar-refractivity contribution < 1.29 is 14.3 Å². The molecule has 2 aromatic carbocycles. The average molecular weight is 297 g/mol. The van der Waals surface area contributed by atoms with E-state index in [-0.39, 0.29) is 12.5 Å². The van der Waals surface area contributed by atoms with Gasteiger partial charge in [-0.3, -0.25) is 4.79 Å². The Morgan fingerprint density at radius 2 is 1.77 bits per heavy atom. The summed E-state index contributed by atoms with van der Waals surface area (Å²) in [6.45, 7) is 3.66. The number of benzene rings is 2. The minimum absolute atomic E-state index is 0.300. The molecule has 0 fully saturated rings. The highest BCUT2D eigenvalue weighted by atomic mass is 16.5. The number of amides is 1. The van der Waals surface area contributed by atoms with Gasteiger partial charge < -0.3 is 10.1 Å². The molecule has 22 heavy (non-hydrogen) atoms. The van der Waals surface area contributed by atoms with Gasteiger partial charge in [-0.25, -0.2) is 4.79 Å². The Hall–Kier alpha value is -2.62.